The van der Waals surface area contributed by atoms with Crippen molar-refractivity contribution < 1.29 is 22.1 Å². The lowest BCUT2D eigenvalue weighted by atomic mass is 10.2. The Hall–Kier alpha value is -2.02. The van der Waals surface area contributed by atoms with Gasteiger partial charge in [0.05, 0.1) is 5.69 Å². The van der Waals surface area contributed by atoms with E-state index in [1.54, 1.807) is 30.5 Å². The molecule has 1 atom stereocenters. The molecule has 118 valence electrons. The molecule has 0 saturated carbocycles. The first-order chi connectivity index (χ1) is 10.5. The predicted octanol–water partition coefficient (Wildman–Crippen LogP) is 3.78. The van der Waals surface area contributed by atoms with Crippen LogP contribution in [0.1, 0.15) is 5.56 Å². The average Bonchev–Trinajstić information content (AvgIpc) is 2.46. The highest BCUT2D eigenvalue weighted by Crippen LogP contribution is 2.27. The number of rotatable bonds is 6. The van der Waals surface area contributed by atoms with E-state index in [1.165, 1.54) is 6.07 Å². The van der Waals surface area contributed by atoms with E-state index in [-0.39, 0.29) is 11.4 Å². The van der Waals surface area contributed by atoms with Crippen molar-refractivity contribution in [3.63, 3.8) is 0 Å². The smallest absolute Gasteiger partial charge is 0.387 e. The fourth-order valence-electron chi connectivity index (χ4n) is 1.83. The zero-order valence-electron chi connectivity index (χ0n) is 11.7. The third-order valence-corrected chi connectivity index (χ3v) is 3.83. The van der Waals surface area contributed by atoms with Gasteiger partial charge in [-0.3, -0.25) is 4.21 Å². The van der Waals surface area contributed by atoms with Gasteiger partial charge in [-0.05, 0) is 29.8 Å². The summed E-state index contributed by atoms with van der Waals surface area (Å²) >= 11 is 0. The molecule has 0 fully saturated rings. The summed E-state index contributed by atoms with van der Waals surface area (Å²) in [5.41, 5.74) is 1.13. The topological polar surface area (TPSA) is 38.3 Å². The van der Waals surface area contributed by atoms with Crippen molar-refractivity contribution in [3.8, 4) is 5.75 Å². The summed E-state index contributed by atoms with van der Waals surface area (Å²) in [7, 11) is -1.06. The molecule has 0 spiro atoms. The van der Waals surface area contributed by atoms with Crippen molar-refractivity contribution in [2.24, 2.45) is 0 Å². The molecule has 2 aromatic rings. The van der Waals surface area contributed by atoms with Gasteiger partial charge < -0.3 is 10.1 Å². The number of halogens is 3. The second-order valence-corrected chi connectivity index (χ2v) is 5.85. The van der Waals surface area contributed by atoms with E-state index in [9.17, 15) is 17.4 Å². The molecule has 7 heteroatoms. The molecular weight excluding hydrogens is 315 g/mol. The SMILES string of the molecule is C[S@@](=O)c1ccc(CNc2ccc(F)cc2OC(F)F)cc1. The molecule has 0 aromatic heterocycles. The van der Waals surface area contributed by atoms with Gasteiger partial charge >= 0.3 is 6.61 Å². The third kappa shape index (κ3) is 4.49. The van der Waals surface area contributed by atoms with E-state index >= 15 is 0 Å². The molecule has 0 saturated heterocycles. The molecule has 0 aliphatic carbocycles. The van der Waals surface area contributed by atoms with Gasteiger partial charge in [-0.15, -0.1) is 0 Å². The zero-order chi connectivity index (χ0) is 16.1. The van der Waals surface area contributed by atoms with Gasteiger partial charge in [0, 0.05) is 34.6 Å². The summed E-state index contributed by atoms with van der Waals surface area (Å²) < 4.78 is 53.3. The standard InChI is InChI=1S/C15H14F3NO2S/c1-22(20)12-5-2-10(3-6-12)9-19-13-7-4-11(16)8-14(13)21-15(17)18/h2-8,15,19H,9H2,1H3/t22-/m1/s1. The minimum atomic E-state index is -3.03. The van der Waals surface area contributed by atoms with E-state index in [4.69, 9.17) is 0 Å². The monoisotopic (exact) mass is 329 g/mol. The summed E-state index contributed by atoms with van der Waals surface area (Å²) in [6, 6.07) is 10.4. The molecule has 2 rings (SSSR count). The zero-order valence-corrected chi connectivity index (χ0v) is 12.5. The normalized spacial score (nSPS) is 12.2. The number of hydrogen-bond donors (Lipinski definition) is 1. The van der Waals surface area contributed by atoms with Gasteiger partial charge in [0.25, 0.3) is 0 Å². The molecule has 0 aliphatic heterocycles. The Bertz CT molecular complexity index is 662. The van der Waals surface area contributed by atoms with Gasteiger partial charge in [0.2, 0.25) is 0 Å². The van der Waals surface area contributed by atoms with E-state index in [2.05, 4.69) is 10.1 Å². The van der Waals surface area contributed by atoms with Crippen LogP contribution in [0.25, 0.3) is 0 Å². The first-order valence-electron chi connectivity index (χ1n) is 6.36. The lowest BCUT2D eigenvalue weighted by molar-refractivity contribution is -0.0495. The van der Waals surface area contributed by atoms with Crippen LogP contribution in [0.3, 0.4) is 0 Å². The minimum Gasteiger partial charge on any atom is -0.433 e. The van der Waals surface area contributed by atoms with Gasteiger partial charge in [0.15, 0.2) is 5.75 Å². The number of hydrogen-bond acceptors (Lipinski definition) is 3. The molecule has 0 bridgehead atoms. The maximum absolute atomic E-state index is 13.1. The fraction of sp³-hybridized carbons (Fsp3) is 0.200. The van der Waals surface area contributed by atoms with Crippen molar-refractivity contribution in [1.29, 1.82) is 0 Å². The van der Waals surface area contributed by atoms with Crippen LogP contribution in [0.15, 0.2) is 47.4 Å². The second kappa shape index (κ2) is 7.31. The van der Waals surface area contributed by atoms with Gasteiger partial charge in [-0.1, -0.05) is 12.1 Å². The van der Waals surface area contributed by atoms with E-state index in [0.717, 1.165) is 17.7 Å². The molecule has 0 radical (unpaired) electrons. The Morgan fingerprint density at radius 3 is 2.45 bits per heavy atom. The maximum Gasteiger partial charge on any atom is 0.387 e. The molecule has 0 heterocycles. The molecule has 22 heavy (non-hydrogen) atoms. The highest BCUT2D eigenvalue weighted by Gasteiger charge is 2.11. The highest BCUT2D eigenvalue weighted by molar-refractivity contribution is 7.84. The Labute approximate surface area is 128 Å². The second-order valence-electron chi connectivity index (χ2n) is 4.47. The van der Waals surface area contributed by atoms with E-state index in [0.29, 0.717) is 11.4 Å². The van der Waals surface area contributed by atoms with Crippen LogP contribution in [0.2, 0.25) is 0 Å². The van der Waals surface area contributed by atoms with Crippen molar-refractivity contribution >= 4 is 16.5 Å². The first-order valence-corrected chi connectivity index (χ1v) is 7.92. The minimum absolute atomic E-state index is 0.249. The summed E-state index contributed by atoms with van der Waals surface area (Å²) in [6.45, 7) is -2.69. The molecule has 2 aromatic carbocycles. The summed E-state index contributed by atoms with van der Waals surface area (Å²) in [4.78, 5) is 0.701. The number of ether oxygens (including phenoxy) is 1. The van der Waals surface area contributed by atoms with Gasteiger partial charge in [0.1, 0.15) is 5.82 Å². The number of nitrogens with one attached hydrogen (secondary N) is 1. The lowest BCUT2D eigenvalue weighted by Crippen LogP contribution is -2.07. The summed E-state index contributed by atoms with van der Waals surface area (Å²) in [5, 5.41) is 2.91. The van der Waals surface area contributed by atoms with Gasteiger partial charge in [-0.25, -0.2) is 4.39 Å². The van der Waals surface area contributed by atoms with Crippen molar-refractivity contribution in [2.75, 3.05) is 11.6 Å². The lowest BCUT2D eigenvalue weighted by Gasteiger charge is -2.13. The van der Waals surface area contributed by atoms with Crippen LogP contribution < -0.4 is 10.1 Å². The van der Waals surface area contributed by atoms with Crippen LogP contribution >= 0.6 is 0 Å². The van der Waals surface area contributed by atoms with Crippen LogP contribution in [0, 0.1) is 5.82 Å². The molecule has 1 N–H and O–H groups in total. The number of anilines is 1. The molecular formula is C15H14F3NO2S. The maximum atomic E-state index is 13.1. The summed E-state index contributed by atoms with van der Waals surface area (Å²) in [5.74, 6) is -0.905. The highest BCUT2D eigenvalue weighted by atomic mass is 32.2. The molecule has 3 nitrogen and oxygen atoms in total. The molecule has 0 unspecified atom stereocenters. The van der Waals surface area contributed by atoms with E-state index in [1.807, 2.05) is 0 Å². The molecule has 0 aliphatic rings. The van der Waals surface area contributed by atoms with Crippen molar-refractivity contribution in [2.45, 2.75) is 18.1 Å². The summed E-state index contributed by atoms with van der Waals surface area (Å²) in [6.07, 6.45) is 1.58. The predicted molar refractivity (Wildman–Crippen MR) is 79.1 cm³/mol. The van der Waals surface area contributed by atoms with Crippen LogP contribution in [-0.4, -0.2) is 17.1 Å². The fourth-order valence-corrected chi connectivity index (χ4v) is 2.35. The largest absolute Gasteiger partial charge is 0.433 e. The van der Waals surface area contributed by atoms with Crippen molar-refractivity contribution in [1.82, 2.24) is 0 Å². The van der Waals surface area contributed by atoms with Crippen LogP contribution in [-0.2, 0) is 17.3 Å². The third-order valence-electron chi connectivity index (χ3n) is 2.90. The number of alkyl halides is 2. The van der Waals surface area contributed by atoms with Crippen molar-refractivity contribution in [3.05, 3.63) is 53.8 Å². The Morgan fingerprint density at radius 2 is 1.86 bits per heavy atom. The molecule has 0 amide bonds. The Kier molecular flexibility index (Phi) is 5.43. The Morgan fingerprint density at radius 1 is 1.18 bits per heavy atom. The number of benzene rings is 2. The van der Waals surface area contributed by atoms with Crippen LogP contribution in [0.4, 0.5) is 18.9 Å². The Balaban J connectivity index is 2.09. The first kappa shape index (κ1) is 16.4. The van der Waals surface area contributed by atoms with Crippen LogP contribution in [0.5, 0.6) is 5.75 Å². The quantitative estimate of drug-likeness (QED) is 0.876. The van der Waals surface area contributed by atoms with Gasteiger partial charge in [-0.2, -0.15) is 8.78 Å². The average molecular weight is 329 g/mol. The van der Waals surface area contributed by atoms with E-state index < -0.39 is 23.2 Å².